The molecule has 0 aliphatic rings. The first-order chi connectivity index (χ1) is 9.69. The normalized spacial score (nSPS) is 12.4. The fourth-order valence-electron chi connectivity index (χ4n) is 1.74. The molecule has 0 spiro atoms. The van der Waals surface area contributed by atoms with Gasteiger partial charge in [0.25, 0.3) is 0 Å². The number of hydrogen-bond acceptors (Lipinski definition) is 2. The minimum Gasteiger partial charge on any atom is -0.501 e. The molecular formula is C18H26O2. The lowest BCUT2D eigenvalue weighted by atomic mass is 10.0. The molecule has 1 aromatic rings. The standard InChI is InChI=1S/C18H26O2/c1-5-11-19-13-15(3)17-7-9-18(10-8-17)16(4)14-20-12-6-2/h7-10,13-14H,5-6,11-12H2,1-4H3. The van der Waals surface area contributed by atoms with Gasteiger partial charge in [-0.1, -0.05) is 38.1 Å². The summed E-state index contributed by atoms with van der Waals surface area (Å²) in [5, 5.41) is 0. The van der Waals surface area contributed by atoms with E-state index in [1.807, 2.05) is 12.5 Å². The summed E-state index contributed by atoms with van der Waals surface area (Å²) in [6.45, 7) is 9.88. The molecule has 0 unspecified atom stereocenters. The van der Waals surface area contributed by atoms with E-state index in [0.717, 1.165) is 37.2 Å². The van der Waals surface area contributed by atoms with Crippen LogP contribution >= 0.6 is 0 Å². The van der Waals surface area contributed by atoms with Gasteiger partial charge in [-0.3, -0.25) is 0 Å². The van der Waals surface area contributed by atoms with Crippen molar-refractivity contribution in [3.05, 3.63) is 47.9 Å². The minimum atomic E-state index is 0.770. The first-order valence-electron chi connectivity index (χ1n) is 7.36. The van der Waals surface area contributed by atoms with Crippen molar-refractivity contribution in [3.63, 3.8) is 0 Å². The van der Waals surface area contributed by atoms with Gasteiger partial charge in [-0.25, -0.2) is 0 Å². The molecule has 0 aliphatic heterocycles. The highest BCUT2D eigenvalue weighted by atomic mass is 16.5. The van der Waals surface area contributed by atoms with Crippen LogP contribution in [-0.4, -0.2) is 13.2 Å². The first kappa shape index (κ1) is 16.4. The summed E-state index contributed by atoms with van der Waals surface area (Å²) < 4.78 is 10.9. The van der Waals surface area contributed by atoms with Crippen LogP contribution in [0.15, 0.2) is 36.8 Å². The molecule has 0 heterocycles. The molecule has 0 fully saturated rings. The van der Waals surface area contributed by atoms with Crippen molar-refractivity contribution in [1.29, 1.82) is 0 Å². The van der Waals surface area contributed by atoms with Gasteiger partial charge < -0.3 is 9.47 Å². The second-order valence-electron chi connectivity index (χ2n) is 4.92. The van der Waals surface area contributed by atoms with Crippen molar-refractivity contribution in [2.75, 3.05) is 13.2 Å². The van der Waals surface area contributed by atoms with Gasteiger partial charge in [-0.05, 0) is 49.0 Å². The van der Waals surface area contributed by atoms with E-state index in [4.69, 9.17) is 9.47 Å². The summed E-state index contributed by atoms with van der Waals surface area (Å²) in [7, 11) is 0. The molecule has 0 saturated heterocycles. The average molecular weight is 274 g/mol. The van der Waals surface area contributed by atoms with E-state index >= 15 is 0 Å². The second-order valence-corrected chi connectivity index (χ2v) is 4.92. The van der Waals surface area contributed by atoms with Gasteiger partial charge >= 0.3 is 0 Å². The van der Waals surface area contributed by atoms with Crippen LogP contribution in [0, 0.1) is 0 Å². The van der Waals surface area contributed by atoms with E-state index in [2.05, 4.69) is 52.0 Å². The van der Waals surface area contributed by atoms with Crippen LogP contribution in [0.5, 0.6) is 0 Å². The van der Waals surface area contributed by atoms with Crippen LogP contribution in [0.2, 0.25) is 0 Å². The molecule has 0 bridgehead atoms. The van der Waals surface area contributed by atoms with Crippen LogP contribution in [0.4, 0.5) is 0 Å². The Bertz CT molecular complexity index is 398. The fourth-order valence-corrected chi connectivity index (χ4v) is 1.74. The predicted octanol–water partition coefficient (Wildman–Crippen LogP) is 5.26. The molecule has 0 atom stereocenters. The monoisotopic (exact) mass is 274 g/mol. The summed E-state index contributed by atoms with van der Waals surface area (Å²) in [4.78, 5) is 0. The number of ether oxygens (including phenoxy) is 2. The van der Waals surface area contributed by atoms with Crippen LogP contribution in [0.3, 0.4) is 0 Å². The Kier molecular flexibility index (Phi) is 7.56. The first-order valence-corrected chi connectivity index (χ1v) is 7.36. The average Bonchev–Trinajstić information content (AvgIpc) is 2.47. The van der Waals surface area contributed by atoms with Crippen molar-refractivity contribution >= 4 is 11.1 Å². The molecule has 2 heteroatoms. The van der Waals surface area contributed by atoms with Crippen LogP contribution in [-0.2, 0) is 9.47 Å². The summed E-state index contributed by atoms with van der Waals surface area (Å²) in [5.41, 5.74) is 4.67. The van der Waals surface area contributed by atoms with Gasteiger partial charge in [-0.15, -0.1) is 0 Å². The van der Waals surface area contributed by atoms with Crippen molar-refractivity contribution in [3.8, 4) is 0 Å². The number of allylic oxidation sites excluding steroid dienone is 2. The molecule has 0 aromatic heterocycles. The van der Waals surface area contributed by atoms with Gasteiger partial charge in [-0.2, -0.15) is 0 Å². The third kappa shape index (κ3) is 5.52. The van der Waals surface area contributed by atoms with Gasteiger partial charge in [0.15, 0.2) is 0 Å². The Morgan fingerprint density at radius 3 is 1.45 bits per heavy atom. The maximum Gasteiger partial charge on any atom is 0.0870 e. The summed E-state index contributed by atoms with van der Waals surface area (Å²) in [5.74, 6) is 0. The Balaban J connectivity index is 2.68. The van der Waals surface area contributed by atoms with Crippen molar-refractivity contribution in [2.45, 2.75) is 40.5 Å². The SMILES string of the molecule is CCCOC=C(C)c1ccc(C(C)=COCCC)cc1. The maximum atomic E-state index is 5.45. The zero-order valence-electron chi connectivity index (χ0n) is 13.1. The number of hydrogen-bond donors (Lipinski definition) is 0. The molecule has 0 amide bonds. The summed E-state index contributed by atoms with van der Waals surface area (Å²) >= 11 is 0. The lowest BCUT2D eigenvalue weighted by Gasteiger charge is -2.06. The molecule has 1 aromatic carbocycles. The Morgan fingerprint density at radius 1 is 0.800 bits per heavy atom. The summed E-state index contributed by atoms with van der Waals surface area (Å²) in [6, 6.07) is 8.47. The highest BCUT2D eigenvalue weighted by Crippen LogP contribution is 2.19. The lowest BCUT2D eigenvalue weighted by Crippen LogP contribution is -1.88. The van der Waals surface area contributed by atoms with Crippen LogP contribution < -0.4 is 0 Å². The topological polar surface area (TPSA) is 18.5 Å². The molecular weight excluding hydrogens is 248 g/mol. The molecule has 0 N–H and O–H groups in total. The summed E-state index contributed by atoms with van der Waals surface area (Å²) in [6.07, 6.45) is 5.74. The van der Waals surface area contributed by atoms with Gasteiger partial charge in [0.05, 0.1) is 25.7 Å². The van der Waals surface area contributed by atoms with Crippen molar-refractivity contribution in [1.82, 2.24) is 0 Å². The quantitative estimate of drug-likeness (QED) is 0.475. The molecule has 2 nitrogen and oxygen atoms in total. The molecule has 0 radical (unpaired) electrons. The Hall–Kier alpha value is -1.70. The fraction of sp³-hybridized carbons (Fsp3) is 0.444. The van der Waals surface area contributed by atoms with E-state index in [0.29, 0.717) is 0 Å². The van der Waals surface area contributed by atoms with E-state index in [1.165, 1.54) is 11.1 Å². The van der Waals surface area contributed by atoms with Crippen LogP contribution in [0.25, 0.3) is 11.1 Å². The molecule has 110 valence electrons. The largest absolute Gasteiger partial charge is 0.501 e. The van der Waals surface area contributed by atoms with E-state index in [9.17, 15) is 0 Å². The van der Waals surface area contributed by atoms with E-state index in [-0.39, 0.29) is 0 Å². The highest BCUT2D eigenvalue weighted by Gasteiger charge is 1.99. The smallest absolute Gasteiger partial charge is 0.0870 e. The van der Waals surface area contributed by atoms with Crippen LogP contribution in [0.1, 0.15) is 51.7 Å². The molecule has 0 saturated carbocycles. The zero-order valence-corrected chi connectivity index (χ0v) is 13.1. The third-order valence-corrected chi connectivity index (χ3v) is 2.96. The zero-order chi connectivity index (χ0) is 14.8. The van der Waals surface area contributed by atoms with Gasteiger partial charge in [0, 0.05) is 0 Å². The minimum absolute atomic E-state index is 0.770. The van der Waals surface area contributed by atoms with Gasteiger partial charge in [0.1, 0.15) is 0 Å². The van der Waals surface area contributed by atoms with E-state index in [1.54, 1.807) is 0 Å². The highest BCUT2D eigenvalue weighted by molar-refractivity contribution is 5.68. The second kappa shape index (κ2) is 9.24. The van der Waals surface area contributed by atoms with Crippen molar-refractivity contribution < 1.29 is 9.47 Å². The predicted molar refractivity (Wildman–Crippen MR) is 86.2 cm³/mol. The number of rotatable bonds is 8. The maximum absolute atomic E-state index is 5.45. The lowest BCUT2D eigenvalue weighted by molar-refractivity contribution is 0.251. The molecule has 20 heavy (non-hydrogen) atoms. The van der Waals surface area contributed by atoms with Crippen molar-refractivity contribution in [2.24, 2.45) is 0 Å². The van der Waals surface area contributed by atoms with Gasteiger partial charge in [0.2, 0.25) is 0 Å². The third-order valence-electron chi connectivity index (χ3n) is 2.96. The Labute approximate surface area is 123 Å². The molecule has 1 rings (SSSR count). The Morgan fingerprint density at radius 2 is 1.15 bits per heavy atom. The molecule has 0 aliphatic carbocycles. The van der Waals surface area contributed by atoms with E-state index < -0.39 is 0 Å². The number of benzene rings is 1.